The molecular formula is C14H23N3O2S. The molecule has 1 aliphatic rings. The van der Waals surface area contributed by atoms with Gasteiger partial charge in [0.15, 0.2) is 0 Å². The van der Waals surface area contributed by atoms with Crippen molar-refractivity contribution < 1.29 is 8.42 Å². The number of nitrogens with two attached hydrogens (primary N) is 1. The van der Waals surface area contributed by atoms with E-state index in [1.165, 1.54) is 4.31 Å². The maximum Gasteiger partial charge on any atom is 0.282 e. The molecule has 0 saturated carbocycles. The van der Waals surface area contributed by atoms with E-state index in [0.29, 0.717) is 19.6 Å². The van der Waals surface area contributed by atoms with Gasteiger partial charge in [0.25, 0.3) is 10.2 Å². The van der Waals surface area contributed by atoms with Crippen LogP contribution in [0.15, 0.2) is 30.3 Å². The minimum atomic E-state index is -3.42. The van der Waals surface area contributed by atoms with Crippen molar-refractivity contribution in [1.29, 1.82) is 0 Å². The smallest absolute Gasteiger partial charge is 0.282 e. The van der Waals surface area contributed by atoms with Crippen molar-refractivity contribution in [3.05, 3.63) is 35.9 Å². The van der Waals surface area contributed by atoms with Crippen LogP contribution in [0.4, 0.5) is 0 Å². The van der Waals surface area contributed by atoms with Crippen molar-refractivity contribution in [2.45, 2.75) is 25.9 Å². The fraction of sp³-hybridized carbons (Fsp3) is 0.571. The average Bonchev–Trinajstić information content (AvgIpc) is 2.82. The van der Waals surface area contributed by atoms with Gasteiger partial charge in [-0.15, -0.1) is 0 Å². The van der Waals surface area contributed by atoms with Crippen LogP contribution in [0.1, 0.15) is 18.9 Å². The van der Waals surface area contributed by atoms with Crippen molar-refractivity contribution in [2.24, 2.45) is 11.7 Å². The third-order valence-corrected chi connectivity index (χ3v) is 5.89. The molecule has 0 spiro atoms. The molecule has 1 aromatic carbocycles. The molecule has 5 nitrogen and oxygen atoms in total. The SMILES string of the molecule is CC1CC(CN)CN1S(=O)(=O)N(C)Cc1ccccc1. The van der Waals surface area contributed by atoms with Crippen LogP contribution in [0.5, 0.6) is 0 Å². The Bertz CT molecular complexity index is 533. The summed E-state index contributed by atoms with van der Waals surface area (Å²) in [5, 5.41) is 0. The molecule has 20 heavy (non-hydrogen) atoms. The largest absolute Gasteiger partial charge is 0.330 e. The topological polar surface area (TPSA) is 66.6 Å². The summed E-state index contributed by atoms with van der Waals surface area (Å²) < 4.78 is 28.2. The Morgan fingerprint density at radius 2 is 2.00 bits per heavy atom. The Kier molecular flexibility index (Phi) is 4.80. The molecule has 6 heteroatoms. The Hall–Kier alpha value is -0.950. The van der Waals surface area contributed by atoms with Gasteiger partial charge < -0.3 is 5.73 Å². The second kappa shape index (κ2) is 6.22. The summed E-state index contributed by atoms with van der Waals surface area (Å²) in [5.74, 6) is 0.268. The molecule has 2 N–H and O–H groups in total. The van der Waals surface area contributed by atoms with E-state index in [2.05, 4.69) is 0 Å². The van der Waals surface area contributed by atoms with Crippen LogP contribution in [0.2, 0.25) is 0 Å². The van der Waals surface area contributed by atoms with Crippen LogP contribution in [-0.4, -0.2) is 43.2 Å². The first kappa shape index (κ1) is 15.4. The minimum absolute atomic E-state index is 0.0202. The maximum atomic E-state index is 12.6. The van der Waals surface area contributed by atoms with Gasteiger partial charge in [0.2, 0.25) is 0 Å². The molecule has 1 fully saturated rings. The molecule has 1 heterocycles. The Balaban J connectivity index is 2.10. The van der Waals surface area contributed by atoms with E-state index < -0.39 is 10.2 Å². The molecule has 2 unspecified atom stereocenters. The fourth-order valence-corrected chi connectivity index (χ4v) is 4.31. The van der Waals surface area contributed by atoms with E-state index in [1.54, 1.807) is 11.4 Å². The summed E-state index contributed by atoms with van der Waals surface area (Å²) in [5.41, 5.74) is 6.65. The van der Waals surface area contributed by atoms with E-state index in [9.17, 15) is 8.42 Å². The third kappa shape index (κ3) is 3.20. The van der Waals surface area contributed by atoms with E-state index in [-0.39, 0.29) is 12.0 Å². The van der Waals surface area contributed by atoms with Crippen molar-refractivity contribution >= 4 is 10.2 Å². The van der Waals surface area contributed by atoms with Gasteiger partial charge in [0.1, 0.15) is 0 Å². The summed E-state index contributed by atoms with van der Waals surface area (Å²) in [6.07, 6.45) is 0.842. The zero-order valence-corrected chi connectivity index (χ0v) is 12.9. The number of rotatable bonds is 5. The molecule has 0 amide bonds. The van der Waals surface area contributed by atoms with Gasteiger partial charge in [-0.2, -0.15) is 17.0 Å². The highest BCUT2D eigenvalue weighted by atomic mass is 32.2. The first-order valence-corrected chi connectivity index (χ1v) is 8.32. The normalized spacial score (nSPS) is 24.4. The molecule has 2 rings (SSSR count). The molecular weight excluding hydrogens is 274 g/mol. The molecule has 0 bridgehead atoms. The Morgan fingerprint density at radius 1 is 1.35 bits per heavy atom. The van der Waals surface area contributed by atoms with Crippen molar-refractivity contribution in [1.82, 2.24) is 8.61 Å². The van der Waals surface area contributed by atoms with Gasteiger partial charge in [-0.1, -0.05) is 30.3 Å². The van der Waals surface area contributed by atoms with Crippen molar-refractivity contribution in [3.8, 4) is 0 Å². The average molecular weight is 297 g/mol. The van der Waals surface area contributed by atoms with Crippen LogP contribution in [0.25, 0.3) is 0 Å². The van der Waals surface area contributed by atoms with Crippen LogP contribution in [0, 0.1) is 5.92 Å². The summed E-state index contributed by atoms with van der Waals surface area (Å²) in [6, 6.07) is 9.64. The van der Waals surface area contributed by atoms with E-state index >= 15 is 0 Å². The lowest BCUT2D eigenvalue weighted by molar-refractivity contribution is 0.350. The van der Waals surface area contributed by atoms with Crippen LogP contribution < -0.4 is 5.73 Å². The number of nitrogens with zero attached hydrogens (tertiary/aromatic N) is 2. The Morgan fingerprint density at radius 3 is 2.55 bits per heavy atom. The maximum absolute atomic E-state index is 12.6. The fourth-order valence-electron chi connectivity index (χ4n) is 2.70. The second-order valence-electron chi connectivity index (χ2n) is 5.51. The predicted molar refractivity (Wildman–Crippen MR) is 80.2 cm³/mol. The number of hydrogen-bond acceptors (Lipinski definition) is 3. The third-order valence-electron chi connectivity index (χ3n) is 3.88. The lowest BCUT2D eigenvalue weighted by Crippen LogP contribution is -2.43. The van der Waals surface area contributed by atoms with Crippen molar-refractivity contribution in [3.63, 3.8) is 0 Å². The van der Waals surface area contributed by atoms with Gasteiger partial charge in [0.05, 0.1) is 0 Å². The molecule has 1 saturated heterocycles. The summed E-state index contributed by atoms with van der Waals surface area (Å²) >= 11 is 0. The van der Waals surface area contributed by atoms with Crippen LogP contribution in [0.3, 0.4) is 0 Å². The summed E-state index contributed by atoms with van der Waals surface area (Å²) in [7, 11) is -1.79. The number of benzene rings is 1. The predicted octanol–water partition coefficient (Wildman–Crippen LogP) is 1.03. The molecule has 0 aromatic heterocycles. The molecule has 112 valence electrons. The highest BCUT2D eigenvalue weighted by molar-refractivity contribution is 7.86. The van der Waals surface area contributed by atoms with Gasteiger partial charge in [-0.3, -0.25) is 0 Å². The zero-order valence-electron chi connectivity index (χ0n) is 12.1. The minimum Gasteiger partial charge on any atom is -0.330 e. The van der Waals surface area contributed by atoms with Crippen LogP contribution >= 0.6 is 0 Å². The first-order valence-electron chi connectivity index (χ1n) is 6.92. The molecule has 1 aliphatic heterocycles. The van der Waals surface area contributed by atoms with Gasteiger partial charge in [-0.05, 0) is 31.4 Å². The molecule has 0 aliphatic carbocycles. The standard InChI is InChI=1S/C14H23N3O2S/c1-12-8-14(9-15)11-17(12)20(18,19)16(2)10-13-6-4-3-5-7-13/h3-7,12,14H,8-11,15H2,1-2H3. The van der Waals surface area contributed by atoms with Crippen molar-refractivity contribution in [2.75, 3.05) is 20.1 Å². The monoisotopic (exact) mass is 297 g/mol. The second-order valence-corrected chi connectivity index (χ2v) is 7.49. The van der Waals surface area contributed by atoms with E-state index in [0.717, 1.165) is 12.0 Å². The molecule has 0 radical (unpaired) electrons. The zero-order chi connectivity index (χ0) is 14.8. The summed E-state index contributed by atoms with van der Waals surface area (Å²) in [6.45, 7) is 3.40. The van der Waals surface area contributed by atoms with E-state index in [4.69, 9.17) is 5.73 Å². The lowest BCUT2D eigenvalue weighted by Gasteiger charge is -2.27. The number of hydrogen-bond donors (Lipinski definition) is 1. The lowest BCUT2D eigenvalue weighted by atomic mass is 10.1. The summed E-state index contributed by atoms with van der Waals surface area (Å²) in [4.78, 5) is 0. The highest BCUT2D eigenvalue weighted by Gasteiger charge is 2.38. The molecule has 2 atom stereocenters. The molecule has 1 aromatic rings. The highest BCUT2D eigenvalue weighted by Crippen LogP contribution is 2.26. The van der Waals surface area contributed by atoms with Gasteiger partial charge in [-0.25, -0.2) is 0 Å². The Labute approximate surface area is 121 Å². The van der Waals surface area contributed by atoms with Gasteiger partial charge >= 0.3 is 0 Å². The van der Waals surface area contributed by atoms with Crippen LogP contribution in [-0.2, 0) is 16.8 Å². The quantitative estimate of drug-likeness (QED) is 0.883. The first-order chi connectivity index (χ1) is 9.45. The van der Waals surface area contributed by atoms with E-state index in [1.807, 2.05) is 37.3 Å². The van der Waals surface area contributed by atoms with Gasteiger partial charge in [0, 0.05) is 26.2 Å².